The second kappa shape index (κ2) is 6.76. The van der Waals surface area contributed by atoms with E-state index in [2.05, 4.69) is 25.1 Å². The van der Waals surface area contributed by atoms with Gasteiger partial charge in [-0.15, -0.1) is 0 Å². The predicted molar refractivity (Wildman–Crippen MR) is 82.4 cm³/mol. The molecule has 0 fully saturated rings. The van der Waals surface area contributed by atoms with Crippen molar-refractivity contribution < 1.29 is 18.7 Å². The molecule has 0 saturated carbocycles. The minimum absolute atomic E-state index is 0.161. The Kier molecular flexibility index (Phi) is 4.78. The van der Waals surface area contributed by atoms with Gasteiger partial charge in [0.2, 0.25) is 5.91 Å². The fraction of sp³-hybridized carbons (Fsp3) is 0.118. The third-order valence-corrected chi connectivity index (χ3v) is 3.07. The molecule has 0 saturated heterocycles. The summed E-state index contributed by atoms with van der Waals surface area (Å²) in [5.41, 5.74) is 0.674. The van der Waals surface area contributed by atoms with E-state index in [0.717, 1.165) is 6.08 Å². The number of rotatable bonds is 5. The lowest BCUT2D eigenvalue weighted by Gasteiger charge is -2.27. The highest BCUT2D eigenvalue weighted by atomic mass is 19.1. The van der Waals surface area contributed by atoms with E-state index in [4.69, 9.17) is 9.47 Å². The smallest absolute Gasteiger partial charge is 0.247 e. The molecular weight excluding hydrogens is 285 g/mol. The fourth-order valence-electron chi connectivity index (χ4n) is 2.00. The highest BCUT2D eigenvalue weighted by molar-refractivity contribution is 5.98. The summed E-state index contributed by atoms with van der Waals surface area (Å²) >= 11 is 0. The Bertz CT molecular complexity index is 664. The van der Waals surface area contributed by atoms with Crippen molar-refractivity contribution in [1.82, 2.24) is 0 Å². The van der Waals surface area contributed by atoms with Gasteiger partial charge in [-0.25, -0.2) is 4.39 Å². The summed E-state index contributed by atoms with van der Waals surface area (Å²) in [5.74, 6) is -0.0194. The number of ether oxygens (including phenoxy) is 2. The summed E-state index contributed by atoms with van der Waals surface area (Å²) in [6.45, 7) is 10.7. The zero-order chi connectivity index (χ0) is 16.1. The zero-order valence-corrected chi connectivity index (χ0v) is 12.0. The molecule has 0 aromatic heterocycles. The molecule has 1 aromatic rings. The van der Waals surface area contributed by atoms with Crippen LogP contribution in [0.2, 0.25) is 0 Å². The van der Waals surface area contributed by atoms with Crippen molar-refractivity contribution >= 4 is 11.6 Å². The largest absolute Gasteiger partial charge is 0.485 e. The van der Waals surface area contributed by atoms with Crippen LogP contribution < -0.4 is 5.32 Å². The Morgan fingerprint density at radius 2 is 2.00 bits per heavy atom. The van der Waals surface area contributed by atoms with Gasteiger partial charge in [-0.2, -0.15) is 0 Å². The zero-order valence-electron chi connectivity index (χ0n) is 12.0. The monoisotopic (exact) mass is 301 g/mol. The molecule has 1 aliphatic heterocycles. The molecule has 1 atom stereocenters. The number of carbonyl (C=O) groups is 1. The average molecular weight is 301 g/mol. The van der Waals surface area contributed by atoms with Crippen LogP contribution in [0.3, 0.4) is 0 Å². The molecule has 5 heteroatoms. The van der Waals surface area contributed by atoms with Crippen LogP contribution in [0.4, 0.5) is 10.1 Å². The topological polar surface area (TPSA) is 47.6 Å². The second-order valence-corrected chi connectivity index (χ2v) is 4.48. The summed E-state index contributed by atoms with van der Waals surface area (Å²) in [6, 6.07) is 4.35. The van der Waals surface area contributed by atoms with E-state index in [1.54, 1.807) is 12.1 Å². The molecule has 0 bridgehead atoms. The molecule has 114 valence electrons. The first-order chi connectivity index (χ1) is 10.6. The van der Waals surface area contributed by atoms with E-state index < -0.39 is 17.8 Å². The summed E-state index contributed by atoms with van der Waals surface area (Å²) in [7, 11) is 0. The summed E-state index contributed by atoms with van der Waals surface area (Å²) in [4.78, 5) is 11.2. The van der Waals surface area contributed by atoms with Gasteiger partial charge in [0.15, 0.2) is 17.6 Å². The quantitative estimate of drug-likeness (QED) is 0.845. The van der Waals surface area contributed by atoms with Crippen molar-refractivity contribution in [3.8, 4) is 0 Å². The molecule has 0 radical (unpaired) electrons. The van der Waals surface area contributed by atoms with Gasteiger partial charge in [0.25, 0.3) is 0 Å². The van der Waals surface area contributed by atoms with Crippen molar-refractivity contribution in [2.24, 2.45) is 0 Å². The van der Waals surface area contributed by atoms with Crippen LogP contribution in [0.15, 0.2) is 67.7 Å². The first kappa shape index (κ1) is 15.6. The Labute approximate surface area is 128 Å². The van der Waals surface area contributed by atoms with Crippen LogP contribution in [-0.4, -0.2) is 12.5 Å². The summed E-state index contributed by atoms with van der Waals surface area (Å²) < 4.78 is 25.4. The number of nitrogens with one attached hydrogen (secondary N) is 1. The molecule has 22 heavy (non-hydrogen) atoms. The van der Waals surface area contributed by atoms with Gasteiger partial charge in [-0.3, -0.25) is 4.79 Å². The van der Waals surface area contributed by atoms with Crippen LogP contribution in [0.25, 0.3) is 0 Å². The Morgan fingerprint density at radius 3 is 2.59 bits per heavy atom. The number of allylic oxidation sites excluding steroid dienone is 2. The Balaban J connectivity index is 2.22. The van der Waals surface area contributed by atoms with Crippen LogP contribution in [-0.2, 0) is 14.3 Å². The number of hydrogen-bond donors (Lipinski definition) is 1. The van der Waals surface area contributed by atoms with E-state index in [1.807, 2.05) is 0 Å². The van der Waals surface area contributed by atoms with Crippen LogP contribution in [0.5, 0.6) is 0 Å². The Hall–Kier alpha value is -2.82. The molecule has 0 aliphatic carbocycles. The molecular formula is C17H16FNO3. The molecule has 1 unspecified atom stereocenters. The third-order valence-electron chi connectivity index (χ3n) is 3.07. The van der Waals surface area contributed by atoms with Gasteiger partial charge in [-0.1, -0.05) is 25.8 Å². The van der Waals surface area contributed by atoms with Gasteiger partial charge in [0.1, 0.15) is 12.4 Å². The second-order valence-electron chi connectivity index (χ2n) is 4.48. The number of amides is 1. The summed E-state index contributed by atoms with van der Waals surface area (Å²) in [6.07, 6.45) is 3.51. The maximum absolute atomic E-state index is 14.2. The van der Waals surface area contributed by atoms with Gasteiger partial charge in [0.05, 0.1) is 0 Å². The van der Waals surface area contributed by atoms with E-state index in [1.165, 1.54) is 18.2 Å². The highest BCUT2D eigenvalue weighted by Gasteiger charge is 2.25. The van der Waals surface area contributed by atoms with Crippen molar-refractivity contribution in [1.29, 1.82) is 0 Å². The SMILES string of the molecule is C=CC(=O)Nc1ccc(C2COC(C=C)=C(C=C)O2)c(F)c1. The molecule has 1 aromatic carbocycles. The van der Waals surface area contributed by atoms with E-state index in [9.17, 15) is 9.18 Å². The summed E-state index contributed by atoms with van der Waals surface area (Å²) in [5, 5.41) is 2.49. The van der Waals surface area contributed by atoms with Gasteiger partial charge < -0.3 is 14.8 Å². The maximum atomic E-state index is 14.2. The fourth-order valence-corrected chi connectivity index (χ4v) is 2.00. The minimum Gasteiger partial charge on any atom is -0.485 e. The molecule has 1 N–H and O–H groups in total. The van der Waals surface area contributed by atoms with E-state index >= 15 is 0 Å². The van der Waals surface area contributed by atoms with Crippen molar-refractivity contribution in [3.05, 3.63) is 79.1 Å². The van der Waals surface area contributed by atoms with Gasteiger partial charge in [0, 0.05) is 11.3 Å². The van der Waals surface area contributed by atoms with Crippen LogP contribution in [0, 0.1) is 5.82 Å². The lowest BCUT2D eigenvalue weighted by Crippen LogP contribution is -2.19. The molecule has 4 nitrogen and oxygen atoms in total. The van der Waals surface area contributed by atoms with Crippen molar-refractivity contribution in [2.75, 3.05) is 11.9 Å². The molecule has 1 aliphatic rings. The molecule has 0 spiro atoms. The number of hydrogen-bond acceptors (Lipinski definition) is 3. The van der Waals surface area contributed by atoms with Gasteiger partial charge in [-0.05, 0) is 30.4 Å². The molecule has 2 rings (SSSR count). The van der Waals surface area contributed by atoms with Crippen molar-refractivity contribution in [3.63, 3.8) is 0 Å². The number of benzene rings is 1. The minimum atomic E-state index is -0.596. The number of anilines is 1. The number of halogens is 1. The standard InChI is InChI=1S/C17H16FNO3/c1-4-14-15(5-2)22-16(10-21-14)12-8-7-11(9-13(12)18)19-17(20)6-3/h4-9,16H,1-3,10H2,(H,19,20). The van der Waals surface area contributed by atoms with Crippen LogP contribution >= 0.6 is 0 Å². The van der Waals surface area contributed by atoms with Crippen LogP contribution in [0.1, 0.15) is 11.7 Å². The normalized spacial score (nSPS) is 17.0. The predicted octanol–water partition coefficient (Wildman–Crippen LogP) is 3.62. The number of carbonyl (C=O) groups excluding carboxylic acids is 1. The maximum Gasteiger partial charge on any atom is 0.247 e. The lowest BCUT2D eigenvalue weighted by atomic mass is 10.1. The third kappa shape index (κ3) is 3.25. The van der Waals surface area contributed by atoms with Gasteiger partial charge >= 0.3 is 0 Å². The Morgan fingerprint density at radius 1 is 1.27 bits per heavy atom. The first-order valence-electron chi connectivity index (χ1n) is 6.60. The first-order valence-corrected chi connectivity index (χ1v) is 6.60. The van der Waals surface area contributed by atoms with E-state index in [0.29, 0.717) is 22.8 Å². The lowest BCUT2D eigenvalue weighted by molar-refractivity contribution is -0.111. The molecule has 1 amide bonds. The average Bonchev–Trinajstić information content (AvgIpc) is 2.54. The highest BCUT2D eigenvalue weighted by Crippen LogP contribution is 2.31. The van der Waals surface area contributed by atoms with Crippen molar-refractivity contribution in [2.45, 2.75) is 6.10 Å². The van der Waals surface area contributed by atoms with E-state index in [-0.39, 0.29) is 6.61 Å². The molecule has 1 heterocycles.